The van der Waals surface area contributed by atoms with E-state index in [0.29, 0.717) is 19.6 Å². The maximum absolute atomic E-state index is 13.8. The van der Waals surface area contributed by atoms with E-state index < -0.39 is 5.79 Å². The number of ether oxygens (including phenoxy) is 2. The van der Waals surface area contributed by atoms with E-state index in [1.807, 2.05) is 13.0 Å². The number of rotatable bonds is 0. The maximum Gasteiger partial charge on any atom is 0.195 e. The zero-order chi connectivity index (χ0) is 13.0. The Bertz CT molecular complexity index is 484. The van der Waals surface area contributed by atoms with E-state index in [4.69, 9.17) is 9.47 Å². The molecule has 1 spiro atoms. The molecule has 0 saturated carbocycles. The van der Waals surface area contributed by atoms with Gasteiger partial charge in [-0.25, -0.2) is 4.39 Å². The zero-order valence-corrected chi connectivity index (χ0v) is 11.2. The monoisotopic (exact) mass is 250 g/mol. The Morgan fingerprint density at radius 3 is 2.50 bits per heavy atom. The molecule has 2 nitrogen and oxygen atoms in total. The summed E-state index contributed by atoms with van der Waals surface area (Å²) in [5.74, 6) is -0.832. The number of fused-ring (bicyclic) bond motifs is 2. The molecule has 1 fully saturated rings. The molecule has 0 amide bonds. The molecule has 0 aromatic heterocycles. The van der Waals surface area contributed by atoms with Crippen LogP contribution in [0.1, 0.15) is 37.0 Å². The van der Waals surface area contributed by atoms with Crippen molar-refractivity contribution in [3.8, 4) is 0 Å². The van der Waals surface area contributed by atoms with Crippen molar-refractivity contribution in [2.45, 2.75) is 39.4 Å². The summed E-state index contributed by atoms with van der Waals surface area (Å²) in [4.78, 5) is 0. The van der Waals surface area contributed by atoms with Crippen molar-refractivity contribution in [1.29, 1.82) is 0 Å². The minimum atomic E-state index is -0.697. The van der Waals surface area contributed by atoms with E-state index in [2.05, 4.69) is 13.8 Å². The Morgan fingerprint density at radius 1 is 1.17 bits per heavy atom. The van der Waals surface area contributed by atoms with Gasteiger partial charge in [0.1, 0.15) is 5.82 Å². The van der Waals surface area contributed by atoms with Crippen LogP contribution in [0.4, 0.5) is 4.39 Å². The van der Waals surface area contributed by atoms with Crippen molar-refractivity contribution in [2.24, 2.45) is 5.41 Å². The van der Waals surface area contributed by atoms with Gasteiger partial charge in [0.05, 0.1) is 13.2 Å². The molecule has 2 aliphatic rings. The smallest absolute Gasteiger partial charge is 0.195 e. The second kappa shape index (κ2) is 3.78. The third-order valence-corrected chi connectivity index (χ3v) is 3.94. The SMILES string of the molecule is Cc1ccc(F)c2c1C1(CC2)OCC(C)(C)CO1. The lowest BCUT2D eigenvalue weighted by Crippen LogP contribution is -2.44. The molecular weight excluding hydrogens is 231 g/mol. The Morgan fingerprint density at radius 2 is 1.83 bits per heavy atom. The highest BCUT2D eigenvalue weighted by molar-refractivity contribution is 5.43. The van der Waals surface area contributed by atoms with E-state index in [0.717, 1.165) is 23.1 Å². The van der Waals surface area contributed by atoms with Crippen molar-refractivity contribution < 1.29 is 13.9 Å². The first kappa shape index (κ1) is 12.1. The molecule has 18 heavy (non-hydrogen) atoms. The van der Waals surface area contributed by atoms with Crippen LogP contribution in [0, 0.1) is 18.2 Å². The fourth-order valence-corrected chi connectivity index (χ4v) is 2.92. The van der Waals surface area contributed by atoms with Crippen molar-refractivity contribution >= 4 is 0 Å². The van der Waals surface area contributed by atoms with Crippen LogP contribution in [-0.2, 0) is 21.7 Å². The Hall–Kier alpha value is -0.930. The molecule has 0 atom stereocenters. The average molecular weight is 250 g/mol. The normalized spacial score (nSPS) is 24.2. The number of halogens is 1. The first-order chi connectivity index (χ1) is 8.44. The molecule has 3 heteroatoms. The van der Waals surface area contributed by atoms with Gasteiger partial charge in [0.25, 0.3) is 0 Å². The fourth-order valence-electron chi connectivity index (χ4n) is 2.92. The second-order valence-corrected chi connectivity index (χ2v) is 6.21. The summed E-state index contributed by atoms with van der Waals surface area (Å²) < 4.78 is 25.9. The van der Waals surface area contributed by atoms with Crippen LogP contribution >= 0.6 is 0 Å². The predicted octanol–water partition coefficient (Wildman–Crippen LogP) is 3.31. The van der Waals surface area contributed by atoms with Gasteiger partial charge in [-0.1, -0.05) is 19.9 Å². The van der Waals surface area contributed by atoms with Crippen LogP contribution in [0.2, 0.25) is 0 Å². The van der Waals surface area contributed by atoms with Crippen molar-refractivity contribution in [3.63, 3.8) is 0 Å². The molecule has 0 bridgehead atoms. The van der Waals surface area contributed by atoms with Gasteiger partial charge in [-0.05, 0) is 30.5 Å². The molecule has 0 unspecified atom stereocenters. The second-order valence-electron chi connectivity index (χ2n) is 6.21. The lowest BCUT2D eigenvalue weighted by atomic mass is 9.93. The first-order valence-corrected chi connectivity index (χ1v) is 6.50. The van der Waals surface area contributed by atoms with Crippen LogP contribution in [0.5, 0.6) is 0 Å². The Kier molecular flexibility index (Phi) is 2.55. The molecule has 1 aliphatic carbocycles. The van der Waals surface area contributed by atoms with Crippen molar-refractivity contribution in [2.75, 3.05) is 13.2 Å². The maximum atomic E-state index is 13.8. The quantitative estimate of drug-likeness (QED) is 0.703. The lowest BCUT2D eigenvalue weighted by Gasteiger charge is -2.42. The molecule has 1 aliphatic heterocycles. The lowest BCUT2D eigenvalue weighted by molar-refractivity contribution is -0.306. The molecule has 0 radical (unpaired) electrons. The van der Waals surface area contributed by atoms with Gasteiger partial charge in [-0.2, -0.15) is 0 Å². The zero-order valence-electron chi connectivity index (χ0n) is 11.2. The number of hydrogen-bond acceptors (Lipinski definition) is 2. The Balaban J connectivity index is 2.03. The minimum absolute atomic E-state index is 0.0369. The molecule has 1 aromatic carbocycles. The molecule has 3 rings (SSSR count). The average Bonchev–Trinajstić information content (AvgIpc) is 2.70. The number of benzene rings is 1. The first-order valence-electron chi connectivity index (χ1n) is 6.50. The van der Waals surface area contributed by atoms with Crippen LogP contribution < -0.4 is 0 Å². The minimum Gasteiger partial charge on any atom is -0.345 e. The largest absolute Gasteiger partial charge is 0.345 e. The van der Waals surface area contributed by atoms with Crippen molar-refractivity contribution in [1.82, 2.24) is 0 Å². The molecule has 0 N–H and O–H groups in total. The summed E-state index contributed by atoms with van der Waals surface area (Å²) in [6.07, 6.45) is 1.42. The summed E-state index contributed by atoms with van der Waals surface area (Å²) in [6.45, 7) is 7.55. The highest BCUT2D eigenvalue weighted by atomic mass is 19.1. The topological polar surface area (TPSA) is 18.5 Å². The van der Waals surface area contributed by atoms with Crippen LogP contribution in [0.3, 0.4) is 0 Å². The fraction of sp³-hybridized carbons (Fsp3) is 0.600. The molecule has 98 valence electrons. The van der Waals surface area contributed by atoms with E-state index in [-0.39, 0.29) is 11.2 Å². The van der Waals surface area contributed by atoms with Crippen LogP contribution in [0.15, 0.2) is 12.1 Å². The Labute approximate surface area is 107 Å². The van der Waals surface area contributed by atoms with Gasteiger partial charge >= 0.3 is 0 Å². The van der Waals surface area contributed by atoms with E-state index >= 15 is 0 Å². The van der Waals surface area contributed by atoms with Crippen molar-refractivity contribution in [3.05, 3.63) is 34.6 Å². The summed E-state index contributed by atoms with van der Waals surface area (Å²) in [5, 5.41) is 0. The highest BCUT2D eigenvalue weighted by Gasteiger charge is 2.47. The molecule has 1 saturated heterocycles. The molecular formula is C15H19FO2. The highest BCUT2D eigenvalue weighted by Crippen LogP contribution is 2.47. The van der Waals surface area contributed by atoms with Gasteiger partial charge in [0.2, 0.25) is 0 Å². The molecule has 1 heterocycles. The van der Waals surface area contributed by atoms with Gasteiger partial charge in [-0.3, -0.25) is 0 Å². The van der Waals surface area contributed by atoms with E-state index in [1.54, 1.807) is 6.07 Å². The summed E-state index contributed by atoms with van der Waals surface area (Å²) in [5.41, 5.74) is 2.80. The number of hydrogen-bond donors (Lipinski definition) is 0. The standard InChI is InChI=1S/C15H19FO2/c1-10-4-5-12(16)11-6-7-15(13(10)11)17-8-14(2,3)9-18-15/h4-5H,6-9H2,1-3H3. The van der Waals surface area contributed by atoms with Gasteiger partial charge in [0, 0.05) is 17.4 Å². The van der Waals surface area contributed by atoms with Crippen LogP contribution in [-0.4, -0.2) is 13.2 Å². The van der Waals surface area contributed by atoms with E-state index in [1.165, 1.54) is 0 Å². The summed E-state index contributed by atoms with van der Waals surface area (Å²) >= 11 is 0. The van der Waals surface area contributed by atoms with Gasteiger partial charge < -0.3 is 9.47 Å². The third kappa shape index (κ3) is 1.69. The van der Waals surface area contributed by atoms with Gasteiger partial charge in [-0.15, -0.1) is 0 Å². The van der Waals surface area contributed by atoms with Gasteiger partial charge in [0.15, 0.2) is 5.79 Å². The summed E-state index contributed by atoms with van der Waals surface area (Å²) in [6, 6.07) is 3.35. The summed E-state index contributed by atoms with van der Waals surface area (Å²) in [7, 11) is 0. The number of aryl methyl sites for hydroxylation is 1. The predicted molar refractivity (Wildman–Crippen MR) is 66.8 cm³/mol. The van der Waals surface area contributed by atoms with Crippen LogP contribution in [0.25, 0.3) is 0 Å². The molecule has 1 aromatic rings. The van der Waals surface area contributed by atoms with E-state index in [9.17, 15) is 4.39 Å². The third-order valence-electron chi connectivity index (χ3n) is 3.94.